The van der Waals surface area contributed by atoms with Crippen LogP contribution in [0.5, 0.6) is 0 Å². The molecular formula is C32H40BrN3O2. The second-order valence-corrected chi connectivity index (χ2v) is 11.3. The van der Waals surface area contributed by atoms with Gasteiger partial charge in [0.05, 0.1) is 13.1 Å². The Labute approximate surface area is 236 Å². The van der Waals surface area contributed by atoms with Crippen molar-refractivity contribution in [2.75, 3.05) is 19.6 Å². The Bertz CT molecular complexity index is 1170. The molecule has 202 valence electrons. The van der Waals surface area contributed by atoms with Crippen LogP contribution in [-0.4, -0.2) is 45.8 Å². The quantitative estimate of drug-likeness (QED) is 0.210. The molecule has 1 aliphatic carbocycles. The monoisotopic (exact) mass is 577 g/mol. The molecule has 0 saturated heterocycles. The normalized spacial score (nSPS) is 16.3. The first-order valence-electron chi connectivity index (χ1n) is 14.0. The summed E-state index contributed by atoms with van der Waals surface area (Å²) in [5, 5.41) is 0. The number of nitrogens with zero attached hydrogens (tertiary/aromatic N) is 3. The third-order valence-electron chi connectivity index (χ3n) is 7.43. The number of carbonyl (C=O) groups is 2. The molecule has 0 radical (unpaired) electrons. The predicted octanol–water partition coefficient (Wildman–Crippen LogP) is 6.86. The van der Waals surface area contributed by atoms with E-state index in [1.807, 2.05) is 34.1 Å². The Morgan fingerprint density at radius 1 is 0.895 bits per heavy atom. The van der Waals surface area contributed by atoms with Crippen molar-refractivity contribution in [1.82, 2.24) is 14.4 Å². The molecule has 2 aromatic carbocycles. The Kier molecular flexibility index (Phi) is 10.2. The SMILES string of the molecule is CCCCN(Cc1cccn1Cc1ccc(Br)cc1)C(=O)CN(CCCC)C(=O)C1CC1c1ccccc1. The maximum atomic E-state index is 13.7. The Hall–Kier alpha value is -2.86. The lowest BCUT2D eigenvalue weighted by Crippen LogP contribution is -2.44. The van der Waals surface area contributed by atoms with Gasteiger partial charge in [-0.05, 0) is 60.6 Å². The van der Waals surface area contributed by atoms with Gasteiger partial charge < -0.3 is 14.4 Å². The van der Waals surface area contributed by atoms with Crippen molar-refractivity contribution in [2.45, 2.75) is 65.0 Å². The fourth-order valence-corrected chi connectivity index (χ4v) is 5.29. The average molecular weight is 579 g/mol. The molecule has 3 aromatic rings. The molecule has 1 aromatic heterocycles. The zero-order valence-corrected chi connectivity index (χ0v) is 24.3. The van der Waals surface area contributed by atoms with Gasteiger partial charge in [-0.3, -0.25) is 9.59 Å². The predicted molar refractivity (Wildman–Crippen MR) is 157 cm³/mol. The van der Waals surface area contributed by atoms with E-state index >= 15 is 0 Å². The summed E-state index contributed by atoms with van der Waals surface area (Å²) in [6.07, 6.45) is 6.82. The highest BCUT2D eigenvalue weighted by atomic mass is 79.9. The summed E-state index contributed by atoms with van der Waals surface area (Å²) in [5.74, 6) is 0.446. The van der Waals surface area contributed by atoms with Crippen LogP contribution in [0, 0.1) is 5.92 Å². The largest absolute Gasteiger partial charge is 0.345 e. The second-order valence-electron chi connectivity index (χ2n) is 10.4. The van der Waals surface area contributed by atoms with E-state index in [-0.39, 0.29) is 30.2 Å². The summed E-state index contributed by atoms with van der Waals surface area (Å²) in [6.45, 7) is 7.08. The molecular weight excluding hydrogens is 538 g/mol. The van der Waals surface area contributed by atoms with Crippen molar-refractivity contribution in [3.05, 3.63) is 94.2 Å². The van der Waals surface area contributed by atoms with Crippen molar-refractivity contribution in [1.29, 1.82) is 0 Å². The van der Waals surface area contributed by atoms with Crippen molar-refractivity contribution < 1.29 is 9.59 Å². The molecule has 0 N–H and O–H groups in total. The zero-order valence-electron chi connectivity index (χ0n) is 22.7. The van der Waals surface area contributed by atoms with Gasteiger partial charge >= 0.3 is 0 Å². The molecule has 4 rings (SSSR count). The topological polar surface area (TPSA) is 45.6 Å². The maximum Gasteiger partial charge on any atom is 0.242 e. The molecule has 0 bridgehead atoms. The van der Waals surface area contributed by atoms with Crippen LogP contribution in [0.2, 0.25) is 0 Å². The molecule has 2 amide bonds. The minimum absolute atomic E-state index is 0.00529. The van der Waals surface area contributed by atoms with E-state index in [2.05, 4.69) is 83.0 Å². The van der Waals surface area contributed by atoms with Crippen LogP contribution < -0.4 is 0 Å². The summed E-state index contributed by atoms with van der Waals surface area (Å²) in [7, 11) is 0. The number of hydrogen-bond acceptors (Lipinski definition) is 2. The van der Waals surface area contributed by atoms with Crippen LogP contribution in [0.15, 0.2) is 77.4 Å². The smallest absolute Gasteiger partial charge is 0.242 e. The van der Waals surface area contributed by atoms with Crippen LogP contribution in [0.1, 0.15) is 68.7 Å². The number of carbonyl (C=O) groups excluding carboxylic acids is 2. The third-order valence-corrected chi connectivity index (χ3v) is 7.96. The summed E-state index contributed by atoms with van der Waals surface area (Å²) in [5.41, 5.74) is 3.55. The summed E-state index contributed by atoms with van der Waals surface area (Å²) in [4.78, 5) is 31.0. The van der Waals surface area contributed by atoms with Crippen LogP contribution in [-0.2, 0) is 22.7 Å². The molecule has 2 unspecified atom stereocenters. The first kappa shape index (κ1) is 28.2. The summed E-state index contributed by atoms with van der Waals surface area (Å²) < 4.78 is 3.28. The van der Waals surface area contributed by atoms with Crippen LogP contribution >= 0.6 is 15.9 Å². The average Bonchev–Trinajstić information content (AvgIpc) is 3.63. The van der Waals surface area contributed by atoms with E-state index < -0.39 is 0 Å². The number of hydrogen-bond donors (Lipinski definition) is 0. The van der Waals surface area contributed by atoms with Gasteiger partial charge in [0.25, 0.3) is 0 Å². The van der Waals surface area contributed by atoms with Crippen LogP contribution in [0.25, 0.3) is 0 Å². The molecule has 1 saturated carbocycles. The molecule has 0 aliphatic heterocycles. The third kappa shape index (κ3) is 7.59. The van der Waals surface area contributed by atoms with Gasteiger partial charge in [-0.2, -0.15) is 0 Å². The molecule has 1 fully saturated rings. The first-order valence-corrected chi connectivity index (χ1v) is 14.8. The van der Waals surface area contributed by atoms with E-state index in [1.54, 1.807) is 0 Å². The van der Waals surface area contributed by atoms with E-state index in [0.717, 1.165) is 48.8 Å². The number of rotatable bonds is 14. The summed E-state index contributed by atoms with van der Waals surface area (Å²) in [6, 6.07) is 22.8. The van der Waals surface area contributed by atoms with E-state index in [9.17, 15) is 9.59 Å². The van der Waals surface area contributed by atoms with Crippen LogP contribution in [0.4, 0.5) is 0 Å². The molecule has 38 heavy (non-hydrogen) atoms. The van der Waals surface area contributed by atoms with Gasteiger partial charge in [0.2, 0.25) is 11.8 Å². The number of benzene rings is 2. The molecule has 6 heteroatoms. The number of amides is 2. The van der Waals surface area contributed by atoms with Gasteiger partial charge in [0.1, 0.15) is 0 Å². The highest BCUT2D eigenvalue weighted by Gasteiger charge is 2.45. The van der Waals surface area contributed by atoms with E-state index in [0.29, 0.717) is 19.6 Å². The Morgan fingerprint density at radius 3 is 2.26 bits per heavy atom. The minimum Gasteiger partial charge on any atom is -0.345 e. The van der Waals surface area contributed by atoms with Crippen LogP contribution in [0.3, 0.4) is 0 Å². The van der Waals surface area contributed by atoms with Gasteiger partial charge in [0, 0.05) is 41.9 Å². The number of aromatic nitrogens is 1. The molecule has 1 aliphatic rings. The lowest BCUT2D eigenvalue weighted by molar-refractivity contribution is -0.141. The van der Waals surface area contributed by atoms with Gasteiger partial charge in [-0.1, -0.05) is 85.1 Å². The van der Waals surface area contributed by atoms with Gasteiger partial charge in [-0.25, -0.2) is 0 Å². The minimum atomic E-state index is -0.00529. The standard InChI is InChI=1S/C32H40BrN3O2/c1-3-5-18-35(23-28-13-10-20-34(28)22-25-14-16-27(33)17-15-25)31(37)24-36(19-6-4-2)32(38)30-21-29(30)26-11-8-7-9-12-26/h7-17,20,29-30H,3-6,18-19,21-24H2,1-2H3. The van der Waals surface area contributed by atoms with E-state index in [4.69, 9.17) is 0 Å². The number of unbranched alkanes of at least 4 members (excludes halogenated alkanes) is 2. The first-order chi connectivity index (χ1) is 18.5. The summed E-state index contributed by atoms with van der Waals surface area (Å²) >= 11 is 3.50. The number of halogens is 1. The molecule has 2 atom stereocenters. The second kappa shape index (κ2) is 13.8. The maximum absolute atomic E-state index is 13.7. The van der Waals surface area contributed by atoms with Crippen molar-refractivity contribution in [3.63, 3.8) is 0 Å². The molecule has 0 spiro atoms. The van der Waals surface area contributed by atoms with Gasteiger partial charge in [-0.15, -0.1) is 0 Å². The lowest BCUT2D eigenvalue weighted by atomic mass is 10.1. The Morgan fingerprint density at radius 2 is 1.58 bits per heavy atom. The highest BCUT2D eigenvalue weighted by Crippen LogP contribution is 2.48. The molecule has 5 nitrogen and oxygen atoms in total. The Balaban J connectivity index is 1.44. The lowest BCUT2D eigenvalue weighted by Gasteiger charge is -2.28. The van der Waals surface area contributed by atoms with E-state index in [1.165, 1.54) is 11.1 Å². The molecule has 1 heterocycles. The fourth-order valence-electron chi connectivity index (χ4n) is 5.02. The van der Waals surface area contributed by atoms with Crippen molar-refractivity contribution in [2.24, 2.45) is 5.92 Å². The highest BCUT2D eigenvalue weighted by molar-refractivity contribution is 9.10. The van der Waals surface area contributed by atoms with Gasteiger partial charge in [0.15, 0.2) is 0 Å². The fraction of sp³-hybridized carbons (Fsp3) is 0.438. The van der Waals surface area contributed by atoms with Crippen molar-refractivity contribution in [3.8, 4) is 0 Å². The van der Waals surface area contributed by atoms with Crippen molar-refractivity contribution >= 4 is 27.7 Å². The zero-order chi connectivity index (χ0) is 26.9.